The number of piperidine rings is 2. The van der Waals surface area contributed by atoms with Crippen LogP contribution in [0.25, 0.3) is 10.9 Å². The SMILES string of the molecule is CCCCNC(=O)C1CCCN(C(=O)C2CCN(c3ccc4cccc(O)c4n3)CC2)C1. The summed E-state index contributed by atoms with van der Waals surface area (Å²) < 4.78 is 0. The number of para-hydroxylation sites is 1. The van der Waals surface area contributed by atoms with Gasteiger partial charge in [-0.15, -0.1) is 0 Å². The van der Waals surface area contributed by atoms with Gasteiger partial charge in [-0.3, -0.25) is 9.59 Å². The van der Waals surface area contributed by atoms with Gasteiger partial charge in [-0.05, 0) is 50.3 Å². The van der Waals surface area contributed by atoms with Gasteiger partial charge in [0.05, 0.1) is 5.92 Å². The van der Waals surface area contributed by atoms with Crippen LogP contribution in [0, 0.1) is 11.8 Å². The molecule has 0 saturated carbocycles. The minimum atomic E-state index is -0.0841. The average molecular weight is 439 g/mol. The van der Waals surface area contributed by atoms with E-state index < -0.39 is 0 Å². The fourth-order valence-electron chi connectivity index (χ4n) is 4.84. The Morgan fingerprint density at radius 2 is 1.91 bits per heavy atom. The highest BCUT2D eigenvalue weighted by Crippen LogP contribution is 2.29. The number of amides is 2. The van der Waals surface area contributed by atoms with Crippen molar-refractivity contribution in [2.75, 3.05) is 37.6 Å². The van der Waals surface area contributed by atoms with E-state index in [4.69, 9.17) is 0 Å². The van der Waals surface area contributed by atoms with Crippen molar-refractivity contribution in [3.05, 3.63) is 30.3 Å². The van der Waals surface area contributed by atoms with Crippen molar-refractivity contribution in [3.63, 3.8) is 0 Å². The molecule has 172 valence electrons. The first-order valence-electron chi connectivity index (χ1n) is 12.0. The summed E-state index contributed by atoms with van der Waals surface area (Å²) in [4.78, 5) is 34.4. The van der Waals surface area contributed by atoms with Crippen molar-refractivity contribution < 1.29 is 14.7 Å². The Morgan fingerprint density at radius 3 is 2.69 bits per heavy atom. The lowest BCUT2D eigenvalue weighted by Gasteiger charge is -2.37. The molecule has 3 heterocycles. The Labute approximate surface area is 189 Å². The quantitative estimate of drug-likeness (QED) is 0.676. The second-order valence-electron chi connectivity index (χ2n) is 9.05. The summed E-state index contributed by atoms with van der Waals surface area (Å²) in [5.41, 5.74) is 0.611. The van der Waals surface area contributed by atoms with Crippen LogP contribution in [0.1, 0.15) is 45.4 Å². The van der Waals surface area contributed by atoms with Gasteiger partial charge in [0, 0.05) is 44.0 Å². The smallest absolute Gasteiger partial charge is 0.225 e. The molecular formula is C25H34N4O3. The van der Waals surface area contributed by atoms with Crippen LogP contribution >= 0.6 is 0 Å². The van der Waals surface area contributed by atoms with Gasteiger partial charge in [0.25, 0.3) is 0 Å². The summed E-state index contributed by atoms with van der Waals surface area (Å²) in [5, 5.41) is 14.1. The van der Waals surface area contributed by atoms with Crippen LogP contribution in [-0.2, 0) is 9.59 Å². The minimum absolute atomic E-state index is 0.00186. The zero-order valence-corrected chi connectivity index (χ0v) is 18.9. The minimum Gasteiger partial charge on any atom is -0.506 e. The van der Waals surface area contributed by atoms with Gasteiger partial charge in [0.15, 0.2) is 0 Å². The molecule has 4 rings (SSSR count). The van der Waals surface area contributed by atoms with Crippen LogP contribution < -0.4 is 10.2 Å². The fourth-order valence-corrected chi connectivity index (χ4v) is 4.84. The highest BCUT2D eigenvalue weighted by molar-refractivity contribution is 5.86. The molecule has 1 unspecified atom stereocenters. The summed E-state index contributed by atoms with van der Waals surface area (Å²) in [6, 6.07) is 9.37. The number of rotatable bonds is 6. The number of unbranched alkanes of at least 4 members (excludes halogenated alkanes) is 1. The van der Waals surface area contributed by atoms with Crippen molar-refractivity contribution in [3.8, 4) is 5.75 Å². The average Bonchev–Trinajstić information content (AvgIpc) is 2.84. The third-order valence-corrected chi connectivity index (χ3v) is 6.79. The number of anilines is 1. The van der Waals surface area contributed by atoms with E-state index in [2.05, 4.69) is 22.1 Å². The molecule has 1 aromatic carbocycles. The Balaban J connectivity index is 1.32. The van der Waals surface area contributed by atoms with Gasteiger partial charge in [-0.25, -0.2) is 4.98 Å². The molecule has 2 N–H and O–H groups in total. The summed E-state index contributed by atoms with van der Waals surface area (Å²) in [6.07, 6.45) is 5.36. The second-order valence-corrected chi connectivity index (χ2v) is 9.05. The zero-order chi connectivity index (χ0) is 22.5. The summed E-state index contributed by atoms with van der Waals surface area (Å²) >= 11 is 0. The maximum Gasteiger partial charge on any atom is 0.225 e. The summed E-state index contributed by atoms with van der Waals surface area (Å²) in [6.45, 7) is 5.65. The van der Waals surface area contributed by atoms with Crippen molar-refractivity contribution in [2.45, 2.75) is 45.4 Å². The van der Waals surface area contributed by atoms with E-state index in [-0.39, 0.29) is 29.4 Å². The fraction of sp³-hybridized carbons (Fsp3) is 0.560. The molecule has 0 spiro atoms. The van der Waals surface area contributed by atoms with Crippen LogP contribution in [0.5, 0.6) is 5.75 Å². The lowest BCUT2D eigenvalue weighted by atomic mass is 9.92. The predicted molar refractivity (Wildman–Crippen MR) is 126 cm³/mol. The molecular weight excluding hydrogens is 404 g/mol. The second kappa shape index (κ2) is 10.2. The van der Waals surface area contributed by atoms with Crippen molar-refractivity contribution in [2.24, 2.45) is 11.8 Å². The van der Waals surface area contributed by atoms with Gasteiger partial charge >= 0.3 is 0 Å². The monoisotopic (exact) mass is 438 g/mol. The number of hydrogen-bond donors (Lipinski definition) is 2. The number of carbonyl (C=O) groups excluding carboxylic acids is 2. The molecule has 32 heavy (non-hydrogen) atoms. The zero-order valence-electron chi connectivity index (χ0n) is 18.9. The van der Waals surface area contributed by atoms with Gasteiger partial charge in [0.2, 0.25) is 11.8 Å². The van der Waals surface area contributed by atoms with Crippen LogP contribution in [0.2, 0.25) is 0 Å². The highest BCUT2D eigenvalue weighted by Gasteiger charge is 2.33. The Morgan fingerprint density at radius 1 is 1.09 bits per heavy atom. The summed E-state index contributed by atoms with van der Waals surface area (Å²) in [5.74, 6) is 1.23. The van der Waals surface area contributed by atoms with E-state index in [0.29, 0.717) is 12.1 Å². The molecule has 0 bridgehead atoms. The largest absolute Gasteiger partial charge is 0.506 e. The Hall–Kier alpha value is -2.83. The first-order chi connectivity index (χ1) is 15.6. The molecule has 2 aromatic rings. The third-order valence-electron chi connectivity index (χ3n) is 6.79. The maximum atomic E-state index is 13.2. The number of fused-ring (bicyclic) bond motifs is 1. The van der Waals surface area contributed by atoms with Crippen molar-refractivity contribution in [1.82, 2.24) is 15.2 Å². The number of phenolic OH excluding ortho intramolecular Hbond substituents is 1. The number of hydrogen-bond acceptors (Lipinski definition) is 5. The van der Waals surface area contributed by atoms with Gasteiger partial charge in [0.1, 0.15) is 17.1 Å². The van der Waals surface area contributed by atoms with Crippen LogP contribution in [0.3, 0.4) is 0 Å². The van der Waals surface area contributed by atoms with Crippen LogP contribution in [0.15, 0.2) is 30.3 Å². The van der Waals surface area contributed by atoms with E-state index in [1.807, 2.05) is 29.2 Å². The third kappa shape index (κ3) is 4.97. The normalized spacial score (nSPS) is 19.8. The molecule has 2 aliphatic heterocycles. The van der Waals surface area contributed by atoms with E-state index >= 15 is 0 Å². The molecule has 1 aromatic heterocycles. The number of likely N-dealkylation sites (tertiary alicyclic amines) is 1. The van der Waals surface area contributed by atoms with Gasteiger partial charge < -0.3 is 20.2 Å². The molecule has 0 aliphatic carbocycles. The van der Waals surface area contributed by atoms with E-state index in [1.165, 1.54) is 0 Å². The Bertz CT molecular complexity index is 955. The van der Waals surface area contributed by atoms with E-state index in [0.717, 1.165) is 75.9 Å². The maximum absolute atomic E-state index is 13.2. The summed E-state index contributed by atoms with van der Waals surface area (Å²) in [7, 11) is 0. The first kappa shape index (κ1) is 22.4. The number of aromatic nitrogens is 1. The lowest BCUT2D eigenvalue weighted by molar-refractivity contribution is -0.139. The van der Waals surface area contributed by atoms with E-state index in [9.17, 15) is 14.7 Å². The molecule has 7 heteroatoms. The van der Waals surface area contributed by atoms with Crippen LogP contribution in [-0.4, -0.2) is 59.5 Å². The molecule has 2 amide bonds. The molecule has 2 saturated heterocycles. The number of nitrogens with one attached hydrogen (secondary N) is 1. The van der Waals surface area contributed by atoms with Gasteiger partial charge in [-0.1, -0.05) is 25.5 Å². The highest BCUT2D eigenvalue weighted by atomic mass is 16.3. The molecule has 7 nitrogen and oxygen atoms in total. The molecule has 0 radical (unpaired) electrons. The molecule has 1 atom stereocenters. The topological polar surface area (TPSA) is 85.8 Å². The predicted octanol–water partition coefficient (Wildman–Crippen LogP) is 3.31. The number of aromatic hydroxyl groups is 1. The number of nitrogens with zero attached hydrogens (tertiary/aromatic N) is 3. The number of carbonyl (C=O) groups is 2. The molecule has 2 fully saturated rings. The number of benzene rings is 1. The lowest BCUT2D eigenvalue weighted by Crippen LogP contribution is -2.49. The van der Waals surface area contributed by atoms with Crippen LogP contribution in [0.4, 0.5) is 5.82 Å². The standard InChI is InChI=1S/C25H34N4O3/c1-2-3-13-26-24(31)20-7-5-14-29(17-20)25(32)19-11-15-28(16-12-19)22-10-9-18-6-4-8-21(30)23(18)27-22/h4,6,8-10,19-20,30H,2-3,5,7,11-17H2,1H3,(H,26,31). The number of phenols is 1. The first-order valence-corrected chi connectivity index (χ1v) is 12.0. The van der Waals surface area contributed by atoms with Crippen molar-refractivity contribution >= 4 is 28.5 Å². The van der Waals surface area contributed by atoms with Crippen molar-refractivity contribution in [1.29, 1.82) is 0 Å². The molecule has 2 aliphatic rings. The van der Waals surface area contributed by atoms with Gasteiger partial charge in [-0.2, -0.15) is 0 Å². The Kier molecular flexibility index (Phi) is 7.12. The number of pyridine rings is 1. The van der Waals surface area contributed by atoms with E-state index in [1.54, 1.807) is 6.07 Å².